The summed E-state index contributed by atoms with van der Waals surface area (Å²) in [6.07, 6.45) is 0. The maximum Gasteiger partial charge on any atom is 0.269 e. The molecule has 0 saturated carbocycles. The molecule has 0 fully saturated rings. The first-order valence-corrected chi connectivity index (χ1v) is 6.06. The van der Waals surface area contributed by atoms with Gasteiger partial charge in [0.25, 0.3) is 5.69 Å². The third-order valence-corrected chi connectivity index (χ3v) is 2.87. The summed E-state index contributed by atoms with van der Waals surface area (Å²) in [6, 6.07) is 13.8. The van der Waals surface area contributed by atoms with Gasteiger partial charge in [0.2, 0.25) is 0 Å². The Balaban J connectivity index is 2.04. The van der Waals surface area contributed by atoms with Crippen LogP contribution in [0, 0.1) is 10.1 Å². The van der Waals surface area contributed by atoms with Crippen LogP contribution in [0.25, 0.3) is 0 Å². The van der Waals surface area contributed by atoms with Crippen LogP contribution in [0.2, 0.25) is 0 Å². The zero-order chi connectivity index (χ0) is 13.0. The molecule has 2 aromatic carbocycles. The maximum atomic E-state index is 10.6. The van der Waals surface area contributed by atoms with Crippen molar-refractivity contribution >= 4 is 21.6 Å². The standard InChI is InChI=1S/C13H10BrNO3/c14-11-4-6-13(7-5-11)18-9-10-2-1-3-12(8-10)15(16)17/h1-8H,9H2. The molecular formula is C13H10BrNO3. The number of nitro benzene ring substituents is 1. The van der Waals surface area contributed by atoms with E-state index in [2.05, 4.69) is 15.9 Å². The largest absolute Gasteiger partial charge is 0.489 e. The molecule has 2 rings (SSSR count). The van der Waals surface area contributed by atoms with E-state index in [-0.39, 0.29) is 5.69 Å². The van der Waals surface area contributed by atoms with Crippen molar-refractivity contribution in [3.8, 4) is 5.75 Å². The van der Waals surface area contributed by atoms with Crippen LogP contribution < -0.4 is 4.74 Å². The SMILES string of the molecule is O=[N+]([O-])c1cccc(COc2ccc(Br)cc2)c1. The number of nitrogens with zero attached hydrogens (tertiary/aromatic N) is 1. The molecule has 0 radical (unpaired) electrons. The summed E-state index contributed by atoms with van der Waals surface area (Å²) in [5.74, 6) is 0.727. The van der Waals surface area contributed by atoms with Crippen molar-refractivity contribution in [3.63, 3.8) is 0 Å². The lowest BCUT2D eigenvalue weighted by molar-refractivity contribution is -0.384. The first-order chi connectivity index (χ1) is 8.65. The topological polar surface area (TPSA) is 52.4 Å². The van der Waals surface area contributed by atoms with E-state index in [0.29, 0.717) is 6.61 Å². The second kappa shape index (κ2) is 5.64. The zero-order valence-electron chi connectivity index (χ0n) is 9.38. The minimum atomic E-state index is -0.414. The molecule has 18 heavy (non-hydrogen) atoms. The molecule has 0 amide bonds. The minimum absolute atomic E-state index is 0.0758. The molecule has 92 valence electrons. The average molecular weight is 308 g/mol. The number of halogens is 1. The first kappa shape index (κ1) is 12.6. The molecule has 0 bridgehead atoms. The van der Waals surface area contributed by atoms with E-state index in [0.717, 1.165) is 15.8 Å². The Hall–Kier alpha value is -1.88. The number of hydrogen-bond acceptors (Lipinski definition) is 3. The molecule has 0 N–H and O–H groups in total. The summed E-state index contributed by atoms with van der Waals surface area (Å²) in [4.78, 5) is 10.2. The molecule has 0 atom stereocenters. The van der Waals surface area contributed by atoms with Crippen LogP contribution in [0.15, 0.2) is 53.0 Å². The van der Waals surface area contributed by atoms with Crippen molar-refractivity contribution in [2.75, 3.05) is 0 Å². The molecule has 2 aromatic rings. The molecule has 5 heteroatoms. The Kier molecular flexibility index (Phi) is 3.94. The lowest BCUT2D eigenvalue weighted by atomic mass is 10.2. The normalized spacial score (nSPS) is 10.1. The van der Waals surface area contributed by atoms with Gasteiger partial charge in [-0.25, -0.2) is 0 Å². The summed E-state index contributed by atoms with van der Waals surface area (Å²) < 4.78 is 6.52. The van der Waals surface area contributed by atoms with E-state index in [4.69, 9.17) is 4.74 Å². The van der Waals surface area contributed by atoms with Crippen LogP contribution >= 0.6 is 15.9 Å². The van der Waals surface area contributed by atoms with Crippen molar-refractivity contribution in [3.05, 3.63) is 68.7 Å². The average Bonchev–Trinajstić information content (AvgIpc) is 2.38. The predicted molar refractivity (Wildman–Crippen MR) is 71.6 cm³/mol. The third-order valence-electron chi connectivity index (χ3n) is 2.34. The van der Waals surface area contributed by atoms with Gasteiger partial charge in [-0.3, -0.25) is 10.1 Å². The highest BCUT2D eigenvalue weighted by molar-refractivity contribution is 9.10. The molecule has 0 aliphatic heterocycles. The summed E-state index contributed by atoms with van der Waals surface area (Å²) >= 11 is 3.34. The predicted octanol–water partition coefficient (Wildman–Crippen LogP) is 3.94. The lowest BCUT2D eigenvalue weighted by Gasteiger charge is -2.06. The molecule has 4 nitrogen and oxygen atoms in total. The number of benzene rings is 2. The number of hydrogen-bond donors (Lipinski definition) is 0. The van der Waals surface area contributed by atoms with Gasteiger partial charge >= 0.3 is 0 Å². The Bertz CT molecular complexity index is 554. The fourth-order valence-electron chi connectivity index (χ4n) is 1.46. The van der Waals surface area contributed by atoms with E-state index in [1.165, 1.54) is 12.1 Å². The van der Waals surface area contributed by atoms with Gasteiger partial charge in [-0.1, -0.05) is 28.1 Å². The van der Waals surface area contributed by atoms with Gasteiger partial charge in [0, 0.05) is 16.6 Å². The van der Waals surface area contributed by atoms with E-state index >= 15 is 0 Å². The van der Waals surface area contributed by atoms with Crippen molar-refractivity contribution < 1.29 is 9.66 Å². The van der Waals surface area contributed by atoms with Crippen LogP contribution in [-0.2, 0) is 6.61 Å². The van der Waals surface area contributed by atoms with Gasteiger partial charge in [-0.15, -0.1) is 0 Å². The van der Waals surface area contributed by atoms with Crippen LogP contribution in [0.5, 0.6) is 5.75 Å². The van der Waals surface area contributed by atoms with Crippen molar-refractivity contribution in [2.45, 2.75) is 6.61 Å². The third kappa shape index (κ3) is 3.30. The molecular weight excluding hydrogens is 298 g/mol. The Morgan fingerprint density at radius 2 is 1.89 bits per heavy atom. The van der Waals surface area contributed by atoms with E-state index < -0.39 is 4.92 Å². The minimum Gasteiger partial charge on any atom is -0.489 e. The number of ether oxygens (including phenoxy) is 1. The molecule has 0 spiro atoms. The second-order valence-electron chi connectivity index (χ2n) is 3.67. The lowest BCUT2D eigenvalue weighted by Crippen LogP contribution is -1.96. The summed E-state index contributed by atoms with van der Waals surface area (Å²) in [5, 5.41) is 10.6. The highest BCUT2D eigenvalue weighted by atomic mass is 79.9. The number of nitro groups is 1. The number of rotatable bonds is 4. The smallest absolute Gasteiger partial charge is 0.269 e. The van der Waals surface area contributed by atoms with Crippen LogP contribution in [-0.4, -0.2) is 4.92 Å². The van der Waals surface area contributed by atoms with Crippen LogP contribution in [0.1, 0.15) is 5.56 Å². The monoisotopic (exact) mass is 307 g/mol. The van der Waals surface area contributed by atoms with Gasteiger partial charge in [-0.05, 0) is 29.8 Å². The van der Waals surface area contributed by atoms with Crippen LogP contribution in [0.3, 0.4) is 0 Å². The molecule has 0 heterocycles. The van der Waals surface area contributed by atoms with Gasteiger partial charge in [-0.2, -0.15) is 0 Å². The summed E-state index contributed by atoms with van der Waals surface area (Å²) in [5.41, 5.74) is 0.846. The summed E-state index contributed by atoms with van der Waals surface area (Å²) in [7, 11) is 0. The fraction of sp³-hybridized carbons (Fsp3) is 0.0769. The maximum absolute atomic E-state index is 10.6. The zero-order valence-corrected chi connectivity index (χ0v) is 11.0. The van der Waals surface area contributed by atoms with Crippen LogP contribution in [0.4, 0.5) is 5.69 Å². The Morgan fingerprint density at radius 3 is 2.56 bits per heavy atom. The van der Waals surface area contributed by atoms with Crippen molar-refractivity contribution in [1.29, 1.82) is 0 Å². The molecule has 0 aliphatic carbocycles. The highest BCUT2D eigenvalue weighted by Gasteiger charge is 2.05. The molecule has 0 aliphatic rings. The fourth-order valence-corrected chi connectivity index (χ4v) is 1.72. The van der Waals surface area contributed by atoms with Gasteiger partial charge in [0.05, 0.1) is 4.92 Å². The van der Waals surface area contributed by atoms with E-state index in [1.807, 2.05) is 24.3 Å². The van der Waals surface area contributed by atoms with Gasteiger partial charge < -0.3 is 4.74 Å². The number of non-ortho nitro benzene ring substituents is 1. The van der Waals surface area contributed by atoms with Crippen molar-refractivity contribution in [2.24, 2.45) is 0 Å². The quantitative estimate of drug-likeness (QED) is 0.635. The van der Waals surface area contributed by atoms with Gasteiger partial charge in [0.15, 0.2) is 0 Å². The molecule has 0 unspecified atom stereocenters. The van der Waals surface area contributed by atoms with Gasteiger partial charge in [0.1, 0.15) is 12.4 Å². The first-order valence-electron chi connectivity index (χ1n) is 5.27. The van der Waals surface area contributed by atoms with E-state index in [1.54, 1.807) is 12.1 Å². The highest BCUT2D eigenvalue weighted by Crippen LogP contribution is 2.18. The second-order valence-corrected chi connectivity index (χ2v) is 4.59. The summed E-state index contributed by atoms with van der Waals surface area (Å²) in [6.45, 7) is 0.309. The Morgan fingerprint density at radius 1 is 1.17 bits per heavy atom. The molecule has 0 aromatic heterocycles. The van der Waals surface area contributed by atoms with Crippen molar-refractivity contribution in [1.82, 2.24) is 0 Å². The Labute approximate surface area is 112 Å². The van der Waals surface area contributed by atoms with E-state index in [9.17, 15) is 10.1 Å². The molecule has 0 saturated heterocycles.